The van der Waals surface area contributed by atoms with E-state index in [-0.39, 0.29) is 11.3 Å². The highest BCUT2D eigenvalue weighted by Gasteiger charge is 2.09. The van der Waals surface area contributed by atoms with Crippen molar-refractivity contribution in [2.45, 2.75) is 0 Å². The molecule has 1 N–H and O–H groups in total. The maximum Gasteiger partial charge on any atom is 0.220 e. The van der Waals surface area contributed by atoms with Crippen LogP contribution in [0.3, 0.4) is 0 Å². The quantitative estimate of drug-likeness (QED) is 0.787. The van der Waals surface area contributed by atoms with E-state index in [2.05, 4.69) is 4.98 Å². The van der Waals surface area contributed by atoms with Crippen LogP contribution in [0.1, 0.15) is 0 Å². The Hall–Kier alpha value is -1.32. The SMILES string of the molecule is Oc1cnc(F)c(-c2ccc(Cl)c(Cl)c2)c1. The number of nitrogens with zero attached hydrogens (tertiary/aromatic N) is 1. The number of halogens is 3. The van der Waals surface area contributed by atoms with Gasteiger partial charge in [0.25, 0.3) is 0 Å². The van der Waals surface area contributed by atoms with Crippen LogP contribution in [0, 0.1) is 5.95 Å². The maximum atomic E-state index is 13.4. The summed E-state index contributed by atoms with van der Waals surface area (Å²) in [4.78, 5) is 3.41. The number of benzene rings is 1. The Morgan fingerprint density at radius 3 is 2.56 bits per heavy atom. The summed E-state index contributed by atoms with van der Waals surface area (Å²) in [6.07, 6.45) is 1.04. The van der Waals surface area contributed by atoms with E-state index >= 15 is 0 Å². The molecule has 16 heavy (non-hydrogen) atoms. The molecule has 0 unspecified atom stereocenters. The average molecular weight is 258 g/mol. The molecule has 2 aromatic rings. The lowest BCUT2D eigenvalue weighted by Gasteiger charge is -2.04. The maximum absolute atomic E-state index is 13.4. The molecule has 5 heteroatoms. The van der Waals surface area contributed by atoms with E-state index in [1.54, 1.807) is 12.1 Å². The predicted octanol–water partition coefficient (Wildman–Crippen LogP) is 3.90. The molecule has 0 saturated heterocycles. The number of aromatic nitrogens is 1. The first kappa shape index (κ1) is 11.2. The second-order valence-corrected chi connectivity index (χ2v) is 3.98. The Kier molecular flexibility index (Phi) is 2.99. The van der Waals surface area contributed by atoms with E-state index in [1.165, 1.54) is 12.1 Å². The fourth-order valence-electron chi connectivity index (χ4n) is 1.30. The van der Waals surface area contributed by atoms with Crippen molar-refractivity contribution < 1.29 is 9.50 Å². The number of pyridine rings is 1. The average Bonchev–Trinajstić information content (AvgIpc) is 2.26. The molecule has 1 aromatic heterocycles. The van der Waals surface area contributed by atoms with Crippen LogP contribution in [0.5, 0.6) is 5.75 Å². The fourth-order valence-corrected chi connectivity index (χ4v) is 1.60. The van der Waals surface area contributed by atoms with Crippen molar-refractivity contribution in [2.75, 3.05) is 0 Å². The summed E-state index contributed by atoms with van der Waals surface area (Å²) in [7, 11) is 0. The Morgan fingerprint density at radius 1 is 1.12 bits per heavy atom. The number of aromatic hydroxyl groups is 1. The van der Waals surface area contributed by atoms with E-state index < -0.39 is 5.95 Å². The van der Waals surface area contributed by atoms with Crippen LogP contribution >= 0.6 is 23.2 Å². The second kappa shape index (κ2) is 4.28. The molecular formula is C11H6Cl2FNO. The van der Waals surface area contributed by atoms with Crippen LogP contribution in [0.2, 0.25) is 10.0 Å². The van der Waals surface area contributed by atoms with Gasteiger partial charge in [-0.1, -0.05) is 29.3 Å². The minimum atomic E-state index is -0.670. The molecule has 0 saturated carbocycles. The van der Waals surface area contributed by atoms with Crippen molar-refractivity contribution in [3.05, 3.63) is 46.5 Å². The normalized spacial score (nSPS) is 10.4. The molecule has 0 aliphatic rings. The number of rotatable bonds is 1. The molecular weight excluding hydrogens is 252 g/mol. The Labute approximate surface area is 101 Å². The van der Waals surface area contributed by atoms with E-state index in [4.69, 9.17) is 23.2 Å². The first-order chi connectivity index (χ1) is 7.58. The van der Waals surface area contributed by atoms with Gasteiger partial charge in [0.2, 0.25) is 5.95 Å². The summed E-state index contributed by atoms with van der Waals surface area (Å²) in [6, 6.07) is 5.96. The molecule has 0 spiro atoms. The van der Waals surface area contributed by atoms with Gasteiger partial charge in [0, 0.05) is 5.56 Å². The third-order valence-electron chi connectivity index (χ3n) is 2.06. The smallest absolute Gasteiger partial charge is 0.220 e. The third kappa shape index (κ3) is 2.10. The standard InChI is InChI=1S/C11H6Cl2FNO/c12-9-2-1-6(3-10(9)13)8-4-7(16)5-15-11(8)14/h1-5,16H. The highest BCUT2D eigenvalue weighted by atomic mass is 35.5. The van der Waals surface area contributed by atoms with Crippen molar-refractivity contribution in [3.8, 4) is 16.9 Å². The minimum Gasteiger partial charge on any atom is -0.506 e. The van der Waals surface area contributed by atoms with Gasteiger partial charge in [-0.15, -0.1) is 0 Å². The predicted molar refractivity (Wildman–Crippen MR) is 61.3 cm³/mol. The van der Waals surface area contributed by atoms with Crippen LogP contribution in [0.4, 0.5) is 4.39 Å². The summed E-state index contributed by atoms with van der Waals surface area (Å²) < 4.78 is 13.4. The first-order valence-corrected chi connectivity index (χ1v) is 5.13. The zero-order chi connectivity index (χ0) is 11.7. The van der Waals surface area contributed by atoms with E-state index in [0.29, 0.717) is 15.6 Å². The van der Waals surface area contributed by atoms with Gasteiger partial charge < -0.3 is 5.11 Å². The Morgan fingerprint density at radius 2 is 1.88 bits per heavy atom. The summed E-state index contributed by atoms with van der Waals surface area (Å²) >= 11 is 11.6. The molecule has 0 fully saturated rings. The molecule has 0 aliphatic heterocycles. The summed E-state index contributed by atoms with van der Waals surface area (Å²) in [5.41, 5.74) is 0.689. The largest absolute Gasteiger partial charge is 0.506 e. The van der Waals surface area contributed by atoms with Gasteiger partial charge in [0.15, 0.2) is 0 Å². The van der Waals surface area contributed by atoms with Crippen molar-refractivity contribution in [1.29, 1.82) is 0 Å². The highest BCUT2D eigenvalue weighted by Crippen LogP contribution is 2.30. The first-order valence-electron chi connectivity index (χ1n) is 4.38. The van der Waals surface area contributed by atoms with Crippen molar-refractivity contribution in [2.24, 2.45) is 0 Å². The van der Waals surface area contributed by atoms with Gasteiger partial charge >= 0.3 is 0 Å². The van der Waals surface area contributed by atoms with E-state index in [9.17, 15) is 9.50 Å². The molecule has 0 aliphatic carbocycles. The van der Waals surface area contributed by atoms with E-state index in [0.717, 1.165) is 6.20 Å². The van der Waals surface area contributed by atoms with Crippen LogP contribution in [0.15, 0.2) is 30.5 Å². The molecule has 82 valence electrons. The molecule has 0 amide bonds. The van der Waals surface area contributed by atoms with Crippen LogP contribution < -0.4 is 0 Å². The summed E-state index contributed by atoms with van der Waals surface area (Å²) in [5.74, 6) is -0.779. The molecule has 1 aromatic carbocycles. The lowest BCUT2D eigenvalue weighted by molar-refractivity contribution is 0.467. The monoisotopic (exact) mass is 257 g/mol. The number of hydrogen-bond acceptors (Lipinski definition) is 2. The van der Waals surface area contributed by atoms with Crippen LogP contribution in [-0.2, 0) is 0 Å². The van der Waals surface area contributed by atoms with Gasteiger partial charge in [-0.05, 0) is 23.8 Å². The van der Waals surface area contributed by atoms with Gasteiger partial charge in [0.05, 0.1) is 16.2 Å². The van der Waals surface area contributed by atoms with Crippen LogP contribution in [-0.4, -0.2) is 10.1 Å². The lowest BCUT2D eigenvalue weighted by Crippen LogP contribution is -1.88. The van der Waals surface area contributed by atoms with Crippen molar-refractivity contribution in [3.63, 3.8) is 0 Å². The minimum absolute atomic E-state index is 0.109. The van der Waals surface area contributed by atoms with Gasteiger partial charge in [-0.3, -0.25) is 0 Å². The Bertz CT molecular complexity index is 546. The Balaban J connectivity index is 2.58. The lowest BCUT2D eigenvalue weighted by atomic mass is 10.1. The van der Waals surface area contributed by atoms with Gasteiger partial charge in [-0.25, -0.2) is 4.98 Å². The molecule has 2 rings (SSSR count). The van der Waals surface area contributed by atoms with Gasteiger partial charge in [-0.2, -0.15) is 4.39 Å². The molecule has 0 atom stereocenters. The van der Waals surface area contributed by atoms with Gasteiger partial charge in [0.1, 0.15) is 5.75 Å². The summed E-state index contributed by atoms with van der Waals surface area (Å²) in [5, 5.41) is 9.94. The zero-order valence-corrected chi connectivity index (χ0v) is 9.43. The molecule has 0 bridgehead atoms. The second-order valence-electron chi connectivity index (χ2n) is 3.16. The number of hydrogen-bond donors (Lipinski definition) is 1. The fraction of sp³-hybridized carbons (Fsp3) is 0. The summed E-state index contributed by atoms with van der Waals surface area (Å²) in [6.45, 7) is 0. The molecule has 2 nitrogen and oxygen atoms in total. The topological polar surface area (TPSA) is 33.1 Å². The third-order valence-corrected chi connectivity index (χ3v) is 2.79. The van der Waals surface area contributed by atoms with Crippen molar-refractivity contribution in [1.82, 2.24) is 4.98 Å². The highest BCUT2D eigenvalue weighted by molar-refractivity contribution is 6.42. The van der Waals surface area contributed by atoms with Crippen molar-refractivity contribution >= 4 is 23.2 Å². The molecule has 0 radical (unpaired) electrons. The zero-order valence-electron chi connectivity index (χ0n) is 7.92. The molecule has 1 heterocycles. The van der Waals surface area contributed by atoms with E-state index in [1.807, 2.05) is 0 Å². The van der Waals surface area contributed by atoms with Crippen LogP contribution in [0.25, 0.3) is 11.1 Å².